The van der Waals surface area contributed by atoms with Gasteiger partial charge in [-0.1, -0.05) is 27.6 Å². The van der Waals surface area contributed by atoms with Crippen molar-refractivity contribution in [2.24, 2.45) is 0 Å². The number of carbonyl (C=O) groups is 1. The van der Waals surface area contributed by atoms with Crippen molar-refractivity contribution in [1.82, 2.24) is 0 Å². The summed E-state index contributed by atoms with van der Waals surface area (Å²) in [5.74, 6) is 0. The van der Waals surface area contributed by atoms with Crippen LogP contribution in [0.1, 0.15) is 59.9 Å². The lowest BCUT2D eigenvalue weighted by molar-refractivity contribution is 0.0150. The SMILES string of the molecule is CC(C)=CCC[C@](C)(O)[C@@H]1Cc2cc(Br)ccc2N1C(=O)OC(C)(C)C. The standard InChI is InChI=1S/C21H30BrNO3/c1-14(2)8-7-11-21(6,25)18-13-15-12-16(22)9-10-17(15)23(18)19(24)26-20(3,4)5/h8-10,12,18,25H,7,11,13H2,1-6H3/t18-,21-/m0/s1. The van der Waals surface area contributed by atoms with Crippen LogP contribution in [0.4, 0.5) is 10.5 Å². The van der Waals surface area contributed by atoms with Crippen molar-refractivity contribution in [3.63, 3.8) is 0 Å². The summed E-state index contributed by atoms with van der Waals surface area (Å²) in [6.45, 7) is 11.5. The van der Waals surface area contributed by atoms with Gasteiger partial charge >= 0.3 is 6.09 Å². The maximum Gasteiger partial charge on any atom is 0.415 e. The van der Waals surface area contributed by atoms with Gasteiger partial charge in [-0.2, -0.15) is 0 Å². The topological polar surface area (TPSA) is 49.8 Å². The summed E-state index contributed by atoms with van der Waals surface area (Å²) in [6.07, 6.45) is 3.66. The van der Waals surface area contributed by atoms with Gasteiger partial charge in [0.15, 0.2) is 0 Å². The lowest BCUT2D eigenvalue weighted by Gasteiger charge is -2.37. The molecule has 0 aliphatic carbocycles. The van der Waals surface area contributed by atoms with Crippen LogP contribution in [0.2, 0.25) is 0 Å². The Balaban J connectivity index is 2.34. The van der Waals surface area contributed by atoms with E-state index in [9.17, 15) is 9.90 Å². The minimum absolute atomic E-state index is 0.354. The molecular formula is C21H30BrNO3. The fourth-order valence-corrected chi connectivity index (χ4v) is 3.68. The molecule has 1 amide bonds. The van der Waals surface area contributed by atoms with Gasteiger partial charge in [0.2, 0.25) is 0 Å². The number of aliphatic hydroxyl groups is 1. The van der Waals surface area contributed by atoms with E-state index in [1.165, 1.54) is 5.57 Å². The van der Waals surface area contributed by atoms with E-state index < -0.39 is 17.3 Å². The molecule has 26 heavy (non-hydrogen) atoms. The Morgan fingerprint density at radius 3 is 2.58 bits per heavy atom. The number of nitrogens with zero attached hydrogens (tertiary/aromatic N) is 1. The van der Waals surface area contributed by atoms with Gasteiger partial charge in [0.1, 0.15) is 5.60 Å². The number of anilines is 1. The average Bonchev–Trinajstić information content (AvgIpc) is 2.84. The third-order valence-corrected chi connectivity index (χ3v) is 5.03. The second kappa shape index (κ2) is 7.73. The van der Waals surface area contributed by atoms with Crippen LogP contribution in [-0.4, -0.2) is 28.4 Å². The molecule has 1 aliphatic heterocycles. The number of fused-ring (bicyclic) bond motifs is 1. The molecule has 1 aliphatic rings. The number of hydrogen-bond donors (Lipinski definition) is 1. The third-order valence-electron chi connectivity index (χ3n) is 4.54. The predicted octanol–water partition coefficient (Wildman–Crippen LogP) is 5.61. The van der Waals surface area contributed by atoms with Crippen molar-refractivity contribution in [2.75, 3.05) is 4.90 Å². The molecule has 5 heteroatoms. The molecule has 1 N–H and O–H groups in total. The third kappa shape index (κ3) is 5.10. The zero-order chi connectivity index (χ0) is 19.7. The molecule has 4 nitrogen and oxygen atoms in total. The summed E-state index contributed by atoms with van der Waals surface area (Å²) in [5, 5.41) is 11.2. The molecule has 2 atom stereocenters. The highest BCUT2D eigenvalue weighted by Crippen LogP contribution is 2.40. The molecule has 0 saturated carbocycles. The van der Waals surface area contributed by atoms with Crippen LogP contribution in [0.3, 0.4) is 0 Å². The Kier molecular flexibility index (Phi) is 6.24. The van der Waals surface area contributed by atoms with Crippen LogP contribution in [0.25, 0.3) is 0 Å². The van der Waals surface area contributed by atoms with Crippen molar-refractivity contribution < 1.29 is 14.6 Å². The van der Waals surface area contributed by atoms with Crippen LogP contribution in [0.5, 0.6) is 0 Å². The average molecular weight is 424 g/mol. The molecule has 0 bridgehead atoms. The Morgan fingerprint density at radius 1 is 1.35 bits per heavy atom. The van der Waals surface area contributed by atoms with Gasteiger partial charge in [-0.25, -0.2) is 4.79 Å². The van der Waals surface area contributed by atoms with Gasteiger partial charge in [0, 0.05) is 4.47 Å². The number of carbonyl (C=O) groups excluding carboxylic acids is 1. The molecular weight excluding hydrogens is 394 g/mol. The second-order valence-corrected chi connectivity index (χ2v) is 9.44. The summed E-state index contributed by atoms with van der Waals surface area (Å²) >= 11 is 3.49. The summed E-state index contributed by atoms with van der Waals surface area (Å²) in [4.78, 5) is 14.6. The lowest BCUT2D eigenvalue weighted by atomic mass is 9.88. The van der Waals surface area contributed by atoms with Gasteiger partial charge < -0.3 is 9.84 Å². The first-order chi connectivity index (χ1) is 11.9. The van der Waals surface area contributed by atoms with E-state index in [1.807, 2.05) is 59.7 Å². The number of rotatable bonds is 4. The number of amides is 1. The van der Waals surface area contributed by atoms with Crippen molar-refractivity contribution in [3.05, 3.63) is 39.9 Å². The Labute approximate surface area is 165 Å². The van der Waals surface area contributed by atoms with E-state index in [-0.39, 0.29) is 6.04 Å². The number of allylic oxidation sites excluding steroid dienone is 2. The maximum absolute atomic E-state index is 12.9. The second-order valence-electron chi connectivity index (χ2n) is 8.52. The summed E-state index contributed by atoms with van der Waals surface area (Å²) < 4.78 is 6.59. The van der Waals surface area contributed by atoms with Crippen LogP contribution < -0.4 is 4.90 Å². The Hall–Kier alpha value is -1.33. The van der Waals surface area contributed by atoms with E-state index in [4.69, 9.17) is 4.74 Å². The Morgan fingerprint density at radius 2 is 2.00 bits per heavy atom. The smallest absolute Gasteiger partial charge is 0.415 e. The number of ether oxygens (including phenoxy) is 1. The lowest BCUT2D eigenvalue weighted by Crippen LogP contribution is -2.53. The minimum Gasteiger partial charge on any atom is -0.443 e. The van der Waals surface area contributed by atoms with Crippen molar-refractivity contribution in [2.45, 2.75) is 78.0 Å². The number of hydrogen-bond acceptors (Lipinski definition) is 3. The first kappa shape index (κ1) is 21.0. The van der Waals surface area contributed by atoms with Crippen molar-refractivity contribution >= 4 is 27.7 Å². The van der Waals surface area contributed by atoms with Gasteiger partial charge in [0.25, 0.3) is 0 Å². The first-order valence-corrected chi connectivity index (χ1v) is 9.86. The van der Waals surface area contributed by atoms with Crippen molar-refractivity contribution in [3.8, 4) is 0 Å². The largest absolute Gasteiger partial charge is 0.443 e. The number of benzene rings is 1. The highest BCUT2D eigenvalue weighted by Gasteiger charge is 2.45. The summed E-state index contributed by atoms with van der Waals surface area (Å²) in [6, 6.07) is 5.48. The molecule has 0 saturated heterocycles. The Bertz CT molecular complexity index is 700. The summed E-state index contributed by atoms with van der Waals surface area (Å²) in [5.41, 5.74) is 1.47. The molecule has 1 aromatic carbocycles. The van der Waals surface area contributed by atoms with E-state index >= 15 is 0 Å². The summed E-state index contributed by atoms with van der Waals surface area (Å²) in [7, 11) is 0. The fraction of sp³-hybridized carbons (Fsp3) is 0.571. The molecule has 0 aromatic heterocycles. The van der Waals surface area contributed by atoms with E-state index in [0.29, 0.717) is 12.8 Å². The van der Waals surface area contributed by atoms with Crippen LogP contribution in [0.15, 0.2) is 34.3 Å². The van der Waals surface area contributed by atoms with Crippen molar-refractivity contribution in [1.29, 1.82) is 0 Å². The molecule has 0 spiro atoms. The quantitative estimate of drug-likeness (QED) is 0.639. The maximum atomic E-state index is 12.9. The highest BCUT2D eigenvalue weighted by atomic mass is 79.9. The fourth-order valence-electron chi connectivity index (χ4n) is 3.27. The van der Waals surface area contributed by atoms with E-state index in [2.05, 4.69) is 22.0 Å². The minimum atomic E-state index is -1.02. The van der Waals surface area contributed by atoms with Crippen LogP contribution >= 0.6 is 15.9 Å². The number of halogens is 1. The molecule has 0 fully saturated rings. The molecule has 144 valence electrons. The normalized spacial score (nSPS) is 18.9. The zero-order valence-corrected chi connectivity index (χ0v) is 18.2. The monoisotopic (exact) mass is 423 g/mol. The molecule has 2 rings (SSSR count). The zero-order valence-electron chi connectivity index (χ0n) is 16.6. The molecule has 1 aromatic rings. The highest BCUT2D eigenvalue weighted by molar-refractivity contribution is 9.10. The molecule has 0 radical (unpaired) electrons. The van der Waals surface area contributed by atoms with E-state index in [0.717, 1.165) is 22.1 Å². The van der Waals surface area contributed by atoms with Crippen LogP contribution in [-0.2, 0) is 11.2 Å². The predicted molar refractivity (Wildman–Crippen MR) is 110 cm³/mol. The van der Waals surface area contributed by atoms with Gasteiger partial charge in [-0.05, 0) is 84.6 Å². The van der Waals surface area contributed by atoms with E-state index in [1.54, 1.807) is 4.90 Å². The van der Waals surface area contributed by atoms with Gasteiger partial charge in [-0.3, -0.25) is 4.90 Å². The molecule has 0 unspecified atom stereocenters. The molecule has 1 heterocycles. The van der Waals surface area contributed by atoms with Gasteiger partial charge in [0.05, 0.1) is 17.3 Å². The van der Waals surface area contributed by atoms with Gasteiger partial charge in [-0.15, -0.1) is 0 Å². The first-order valence-electron chi connectivity index (χ1n) is 9.07. The van der Waals surface area contributed by atoms with Crippen LogP contribution in [0, 0.1) is 0 Å².